The van der Waals surface area contributed by atoms with Crippen LogP contribution in [-0.2, 0) is 4.79 Å². The Bertz CT molecular complexity index is 451. The van der Waals surface area contributed by atoms with Gasteiger partial charge in [0, 0.05) is 6.42 Å². The first-order valence-electron chi connectivity index (χ1n) is 7.65. The van der Waals surface area contributed by atoms with E-state index in [0.29, 0.717) is 19.6 Å². The summed E-state index contributed by atoms with van der Waals surface area (Å²) in [7, 11) is 0. The molecule has 0 fully saturated rings. The number of hydrogen-bond acceptors (Lipinski definition) is 4. The van der Waals surface area contributed by atoms with E-state index < -0.39 is 0 Å². The second-order valence-electron chi connectivity index (χ2n) is 5.25. The number of benzene rings is 1. The molecule has 0 aliphatic carbocycles. The largest absolute Gasteiger partial charge is 0.486 e. The predicted octanol–water partition coefficient (Wildman–Crippen LogP) is 1.85. The number of nitrogens with one attached hydrogen (secondary N) is 1. The fourth-order valence-corrected chi connectivity index (χ4v) is 2.26. The third-order valence-electron chi connectivity index (χ3n) is 3.45. The van der Waals surface area contributed by atoms with Gasteiger partial charge in [-0.05, 0) is 31.5 Å². The maximum atomic E-state index is 11.7. The van der Waals surface area contributed by atoms with Gasteiger partial charge in [0.1, 0.15) is 12.7 Å². The van der Waals surface area contributed by atoms with Crippen LogP contribution in [0, 0.1) is 0 Å². The molecule has 0 saturated carbocycles. The molecule has 2 rings (SSSR count). The van der Waals surface area contributed by atoms with Crippen molar-refractivity contribution in [3.05, 3.63) is 24.3 Å². The number of rotatable bonds is 8. The highest BCUT2D eigenvalue weighted by Gasteiger charge is 2.20. The van der Waals surface area contributed by atoms with E-state index in [1.165, 1.54) is 0 Å². The molecule has 0 aromatic heterocycles. The summed E-state index contributed by atoms with van der Waals surface area (Å²) in [5.74, 6) is 1.58. The lowest BCUT2D eigenvalue weighted by Gasteiger charge is -2.26. The minimum atomic E-state index is -0.124. The van der Waals surface area contributed by atoms with Crippen LogP contribution in [0.2, 0.25) is 0 Å². The second kappa shape index (κ2) is 8.52. The molecule has 0 bridgehead atoms. The molecule has 5 heteroatoms. The lowest BCUT2D eigenvalue weighted by Crippen LogP contribution is -2.40. The summed E-state index contributed by atoms with van der Waals surface area (Å²) in [4.78, 5) is 11.7. The van der Waals surface area contributed by atoms with E-state index in [1.807, 2.05) is 24.3 Å². The van der Waals surface area contributed by atoms with Crippen LogP contribution in [0.3, 0.4) is 0 Å². The lowest BCUT2D eigenvalue weighted by atomic mass is 10.1. The first kappa shape index (κ1) is 15.6. The third kappa shape index (κ3) is 5.27. The van der Waals surface area contributed by atoms with E-state index in [0.717, 1.165) is 43.7 Å². The van der Waals surface area contributed by atoms with Gasteiger partial charge < -0.3 is 20.5 Å². The molecule has 1 unspecified atom stereocenters. The number of carbonyl (C=O) groups is 1. The van der Waals surface area contributed by atoms with Gasteiger partial charge in [-0.3, -0.25) is 4.79 Å². The molecule has 1 aliphatic rings. The maximum Gasteiger partial charge on any atom is 0.220 e. The Labute approximate surface area is 125 Å². The first-order valence-corrected chi connectivity index (χ1v) is 7.65. The SMILES string of the molecule is NCCCCCCC(=O)NCC1COc2ccccc2O1. The van der Waals surface area contributed by atoms with Crippen molar-refractivity contribution in [2.24, 2.45) is 5.73 Å². The minimum absolute atomic E-state index is 0.0743. The summed E-state index contributed by atoms with van der Waals surface area (Å²) < 4.78 is 11.4. The predicted molar refractivity (Wildman–Crippen MR) is 81.5 cm³/mol. The number of carbonyl (C=O) groups excluding carboxylic acids is 1. The van der Waals surface area contributed by atoms with Gasteiger partial charge in [0.25, 0.3) is 0 Å². The zero-order valence-electron chi connectivity index (χ0n) is 12.3. The van der Waals surface area contributed by atoms with Crippen molar-refractivity contribution in [3.63, 3.8) is 0 Å². The molecule has 1 heterocycles. The van der Waals surface area contributed by atoms with Crippen molar-refractivity contribution < 1.29 is 14.3 Å². The van der Waals surface area contributed by atoms with Crippen LogP contribution in [0.15, 0.2) is 24.3 Å². The second-order valence-corrected chi connectivity index (χ2v) is 5.25. The Kier molecular flexibility index (Phi) is 6.34. The van der Waals surface area contributed by atoms with E-state index in [1.54, 1.807) is 0 Å². The summed E-state index contributed by atoms with van der Waals surface area (Å²) in [6.07, 6.45) is 4.54. The van der Waals surface area contributed by atoms with Crippen molar-refractivity contribution in [2.75, 3.05) is 19.7 Å². The van der Waals surface area contributed by atoms with Gasteiger partial charge in [0.15, 0.2) is 11.5 Å². The van der Waals surface area contributed by atoms with Gasteiger partial charge in [0.05, 0.1) is 6.54 Å². The molecule has 0 saturated heterocycles. The van der Waals surface area contributed by atoms with Gasteiger partial charge in [-0.2, -0.15) is 0 Å². The van der Waals surface area contributed by atoms with Gasteiger partial charge >= 0.3 is 0 Å². The molecule has 3 N–H and O–H groups in total. The van der Waals surface area contributed by atoms with E-state index in [4.69, 9.17) is 15.2 Å². The van der Waals surface area contributed by atoms with Gasteiger partial charge in [0.2, 0.25) is 5.91 Å². The number of amides is 1. The standard InChI is InChI=1S/C16H24N2O3/c17-10-6-2-1-3-9-16(19)18-11-13-12-20-14-7-4-5-8-15(14)21-13/h4-5,7-8,13H,1-3,6,9-12,17H2,(H,18,19). The number of para-hydroxylation sites is 2. The van der Waals surface area contributed by atoms with Crippen LogP contribution in [0.4, 0.5) is 0 Å². The summed E-state index contributed by atoms with van der Waals surface area (Å²) in [6, 6.07) is 7.58. The van der Waals surface area contributed by atoms with Crippen LogP contribution >= 0.6 is 0 Å². The van der Waals surface area contributed by atoms with Crippen molar-refractivity contribution >= 4 is 5.91 Å². The monoisotopic (exact) mass is 292 g/mol. The van der Waals surface area contributed by atoms with Crippen molar-refractivity contribution in [2.45, 2.75) is 38.2 Å². The molecule has 1 aromatic rings. The Morgan fingerprint density at radius 1 is 1.19 bits per heavy atom. The number of hydrogen-bond donors (Lipinski definition) is 2. The van der Waals surface area contributed by atoms with Crippen molar-refractivity contribution in [1.29, 1.82) is 0 Å². The first-order chi connectivity index (χ1) is 10.3. The van der Waals surface area contributed by atoms with E-state index in [2.05, 4.69) is 5.32 Å². The Morgan fingerprint density at radius 2 is 1.95 bits per heavy atom. The highest BCUT2D eigenvalue weighted by Crippen LogP contribution is 2.30. The van der Waals surface area contributed by atoms with Gasteiger partial charge in [-0.15, -0.1) is 0 Å². The molecule has 5 nitrogen and oxygen atoms in total. The molecule has 21 heavy (non-hydrogen) atoms. The highest BCUT2D eigenvalue weighted by atomic mass is 16.6. The topological polar surface area (TPSA) is 73.6 Å². The van der Waals surface area contributed by atoms with Crippen LogP contribution < -0.4 is 20.5 Å². The summed E-state index contributed by atoms with van der Waals surface area (Å²) in [5, 5.41) is 2.91. The lowest BCUT2D eigenvalue weighted by molar-refractivity contribution is -0.121. The van der Waals surface area contributed by atoms with E-state index in [9.17, 15) is 4.79 Å². The quantitative estimate of drug-likeness (QED) is 0.717. The van der Waals surface area contributed by atoms with Crippen LogP contribution in [0.5, 0.6) is 11.5 Å². The summed E-state index contributed by atoms with van der Waals surface area (Å²) in [6.45, 7) is 1.68. The molecule has 1 aromatic carbocycles. The average Bonchev–Trinajstić information content (AvgIpc) is 2.52. The zero-order chi connectivity index (χ0) is 14.9. The minimum Gasteiger partial charge on any atom is -0.486 e. The molecule has 0 spiro atoms. The fraction of sp³-hybridized carbons (Fsp3) is 0.562. The number of fused-ring (bicyclic) bond motifs is 1. The van der Waals surface area contributed by atoms with Crippen molar-refractivity contribution in [3.8, 4) is 11.5 Å². The van der Waals surface area contributed by atoms with Crippen molar-refractivity contribution in [1.82, 2.24) is 5.32 Å². The van der Waals surface area contributed by atoms with Gasteiger partial charge in [-0.1, -0.05) is 25.0 Å². The fourth-order valence-electron chi connectivity index (χ4n) is 2.26. The smallest absolute Gasteiger partial charge is 0.220 e. The Morgan fingerprint density at radius 3 is 2.76 bits per heavy atom. The maximum absolute atomic E-state index is 11.7. The normalized spacial score (nSPS) is 16.5. The van der Waals surface area contributed by atoms with Gasteiger partial charge in [-0.25, -0.2) is 0 Å². The number of ether oxygens (including phenoxy) is 2. The zero-order valence-corrected chi connectivity index (χ0v) is 12.3. The number of nitrogens with two attached hydrogens (primary N) is 1. The van der Waals surface area contributed by atoms with Crippen LogP contribution in [0.25, 0.3) is 0 Å². The Hall–Kier alpha value is -1.75. The van der Waals surface area contributed by atoms with Crippen LogP contribution in [0.1, 0.15) is 32.1 Å². The molecule has 0 radical (unpaired) electrons. The average molecular weight is 292 g/mol. The summed E-state index contributed by atoms with van der Waals surface area (Å²) in [5.41, 5.74) is 5.43. The molecule has 1 amide bonds. The third-order valence-corrected chi connectivity index (χ3v) is 3.45. The van der Waals surface area contributed by atoms with E-state index in [-0.39, 0.29) is 12.0 Å². The highest BCUT2D eigenvalue weighted by molar-refractivity contribution is 5.75. The molecule has 1 aliphatic heterocycles. The molecular formula is C16H24N2O3. The number of unbranched alkanes of at least 4 members (excludes halogenated alkanes) is 3. The summed E-state index contributed by atoms with van der Waals surface area (Å²) >= 11 is 0. The Balaban J connectivity index is 1.62. The molecule has 1 atom stereocenters. The van der Waals surface area contributed by atoms with Crippen LogP contribution in [-0.4, -0.2) is 31.7 Å². The van der Waals surface area contributed by atoms with E-state index >= 15 is 0 Å². The molecular weight excluding hydrogens is 268 g/mol. The molecule has 116 valence electrons.